The molecule has 1 heterocycles. The maximum atomic E-state index is 13.1. The second-order valence-corrected chi connectivity index (χ2v) is 8.46. The van der Waals surface area contributed by atoms with Crippen LogP contribution in [0.2, 0.25) is 0 Å². The lowest BCUT2D eigenvalue weighted by Gasteiger charge is -2.26. The van der Waals surface area contributed by atoms with Gasteiger partial charge in [0.1, 0.15) is 5.82 Å². The van der Waals surface area contributed by atoms with Crippen LogP contribution in [0.25, 0.3) is 0 Å². The summed E-state index contributed by atoms with van der Waals surface area (Å²) in [6, 6.07) is 6.36. The van der Waals surface area contributed by atoms with Gasteiger partial charge in [-0.05, 0) is 38.2 Å². The third-order valence-corrected chi connectivity index (χ3v) is 5.91. The number of hydrogen-bond acceptors (Lipinski definition) is 4. The van der Waals surface area contributed by atoms with Crippen molar-refractivity contribution in [1.82, 2.24) is 15.5 Å². The Hall–Kier alpha value is -0.940. The molecular formula is C16H26FIN4O2S. The maximum Gasteiger partial charge on any atom is 0.191 e. The number of benzene rings is 1. The Balaban J connectivity index is 0.00000312. The molecule has 1 fully saturated rings. The monoisotopic (exact) mass is 484 g/mol. The molecule has 0 amide bonds. The Labute approximate surface area is 166 Å². The van der Waals surface area contributed by atoms with Crippen LogP contribution in [0.1, 0.15) is 18.0 Å². The van der Waals surface area contributed by atoms with Crippen molar-refractivity contribution < 1.29 is 12.8 Å². The van der Waals surface area contributed by atoms with Gasteiger partial charge in [-0.1, -0.05) is 12.1 Å². The SMILES string of the molecule is CN=C(NCC(c1ccc(F)cc1)N(C)C)NC1CCS(=O)(=O)C1.I. The molecule has 1 aromatic rings. The van der Waals surface area contributed by atoms with Crippen LogP contribution in [0.15, 0.2) is 29.3 Å². The van der Waals surface area contributed by atoms with E-state index in [9.17, 15) is 12.8 Å². The van der Waals surface area contributed by atoms with E-state index in [4.69, 9.17) is 0 Å². The molecule has 25 heavy (non-hydrogen) atoms. The first-order valence-electron chi connectivity index (χ1n) is 7.90. The lowest BCUT2D eigenvalue weighted by atomic mass is 10.1. The molecule has 2 N–H and O–H groups in total. The summed E-state index contributed by atoms with van der Waals surface area (Å²) in [5, 5.41) is 6.38. The van der Waals surface area contributed by atoms with E-state index in [2.05, 4.69) is 15.6 Å². The van der Waals surface area contributed by atoms with Gasteiger partial charge in [0.25, 0.3) is 0 Å². The molecule has 6 nitrogen and oxygen atoms in total. The van der Waals surface area contributed by atoms with Crippen molar-refractivity contribution in [2.75, 3.05) is 39.2 Å². The normalized spacial score (nSPS) is 20.8. The third kappa shape index (κ3) is 6.70. The fourth-order valence-electron chi connectivity index (χ4n) is 2.77. The highest BCUT2D eigenvalue weighted by atomic mass is 127. The molecule has 2 rings (SSSR count). The molecule has 1 saturated heterocycles. The summed E-state index contributed by atoms with van der Waals surface area (Å²) in [5.74, 6) is 0.676. The zero-order valence-corrected chi connectivity index (χ0v) is 17.8. The van der Waals surface area contributed by atoms with Crippen LogP contribution in [0.4, 0.5) is 4.39 Å². The maximum absolute atomic E-state index is 13.1. The zero-order chi connectivity index (χ0) is 17.7. The van der Waals surface area contributed by atoms with E-state index in [0.717, 1.165) is 5.56 Å². The molecule has 2 atom stereocenters. The lowest BCUT2D eigenvalue weighted by Crippen LogP contribution is -2.46. The molecule has 0 saturated carbocycles. The number of rotatable bonds is 5. The quantitative estimate of drug-likeness (QED) is 0.376. The van der Waals surface area contributed by atoms with Crippen molar-refractivity contribution in [3.05, 3.63) is 35.6 Å². The summed E-state index contributed by atoms with van der Waals surface area (Å²) >= 11 is 0. The van der Waals surface area contributed by atoms with Gasteiger partial charge < -0.3 is 15.5 Å². The molecule has 2 unspecified atom stereocenters. The molecule has 9 heteroatoms. The predicted octanol–water partition coefficient (Wildman–Crippen LogP) is 1.40. The Morgan fingerprint density at radius 3 is 2.48 bits per heavy atom. The molecule has 1 aliphatic heterocycles. The number of aliphatic imine (C=N–C) groups is 1. The molecular weight excluding hydrogens is 458 g/mol. The highest BCUT2D eigenvalue weighted by Crippen LogP contribution is 2.18. The lowest BCUT2D eigenvalue weighted by molar-refractivity contribution is 0.298. The predicted molar refractivity (Wildman–Crippen MR) is 110 cm³/mol. The fourth-order valence-corrected chi connectivity index (χ4v) is 4.45. The van der Waals surface area contributed by atoms with Gasteiger partial charge in [-0.3, -0.25) is 4.99 Å². The first-order chi connectivity index (χ1) is 11.3. The molecule has 0 aromatic heterocycles. The van der Waals surface area contributed by atoms with Crippen molar-refractivity contribution in [2.24, 2.45) is 4.99 Å². The number of sulfone groups is 1. The summed E-state index contributed by atoms with van der Waals surface area (Å²) in [7, 11) is 2.63. The van der Waals surface area contributed by atoms with Crippen LogP contribution in [0.5, 0.6) is 0 Å². The van der Waals surface area contributed by atoms with Crippen LogP contribution in [-0.2, 0) is 9.84 Å². The van der Waals surface area contributed by atoms with Gasteiger partial charge in [0.05, 0.1) is 17.5 Å². The van der Waals surface area contributed by atoms with Gasteiger partial charge in [0.15, 0.2) is 15.8 Å². The molecule has 1 aliphatic rings. The molecule has 1 aromatic carbocycles. The van der Waals surface area contributed by atoms with Crippen molar-refractivity contribution in [1.29, 1.82) is 0 Å². The summed E-state index contributed by atoms with van der Waals surface area (Å²) in [6.07, 6.45) is 0.595. The smallest absolute Gasteiger partial charge is 0.191 e. The Morgan fingerprint density at radius 1 is 1.36 bits per heavy atom. The highest BCUT2D eigenvalue weighted by Gasteiger charge is 2.28. The Morgan fingerprint density at radius 2 is 2.00 bits per heavy atom. The van der Waals surface area contributed by atoms with Gasteiger partial charge in [0, 0.05) is 19.6 Å². The van der Waals surface area contributed by atoms with Crippen LogP contribution in [0.3, 0.4) is 0 Å². The van der Waals surface area contributed by atoms with Crippen molar-refractivity contribution in [3.63, 3.8) is 0 Å². The van der Waals surface area contributed by atoms with Crippen molar-refractivity contribution in [2.45, 2.75) is 18.5 Å². The van der Waals surface area contributed by atoms with E-state index in [0.29, 0.717) is 18.9 Å². The third-order valence-electron chi connectivity index (χ3n) is 4.14. The largest absolute Gasteiger partial charge is 0.354 e. The number of halogens is 2. The second kappa shape index (κ2) is 9.67. The van der Waals surface area contributed by atoms with Crippen molar-refractivity contribution in [3.8, 4) is 0 Å². The van der Waals surface area contributed by atoms with E-state index in [1.54, 1.807) is 19.2 Å². The van der Waals surface area contributed by atoms with Gasteiger partial charge in [0.2, 0.25) is 0 Å². The van der Waals surface area contributed by atoms with Crippen LogP contribution in [-0.4, -0.2) is 64.5 Å². The highest BCUT2D eigenvalue weighted by molar-refractivity contribution is 14.0. The van der Waals surface area contributed by atoms with Crippen LogP contribution in [0, 0.1) is 5.82 Å². The molecule has 0 spiro atoms. The number of nitrogens with zero attached hydrogens (tertiary/aromatic N) is 2. The first-order valence-corrected chi connectivity index (χ1v) is 9.72. The number of guanidine groups is 1. The number of nitrogens with one attached hydrogen (secondary N) is 2. The van der Waals surface area contributed by atoms with Crippen LogP contribution >= 0.6 is 24.0 Å². The fraction of sp³-hybridized carbons (Fsp3) is 0.562. The number of hydrogen-bond donors (Lipinski definition) is 2. The number of likely N-dealkylation sites (N-methyl/N-ethyl adjacent to an activating group) is 1. The molecule has 0 radical (unpaired) electrons. The second-order valence-electron chi connectivity index (χ2n) is 6.23. The van der Waals surface area contributed by atoms with E-state index in [1.807, 2.05) is 19.0 Å². The average molecular weight is 484 g/mol. The Kier molecular flexibility index (Phi) is 8.55. The summed E-state index contributed by atoms with van der Waals surface area (Å²) in [4.78, 5) is 6.19. The summed E-state index contributed by atoms with van der Waals surface area (Å²) in [5.41, 5.74) is 0.993. The molecule has 142 valence electrons. The van der Waals surface area contributed by atoms with E-state index < -0.39 is 9.84 Å². The Bertz CT molecular complexity index is 680. The van der Waals surface area contributed by atoms with Crippen LogP contribution < -0.4 is 10.6 Å². The van der Waals surface area contributed by atoms with Crippen molar-refractivity contribution >= 4 is 39.8 Å². The van der Waals surface area contributed by atoms with Gasteiger partial charge in [-0.25, -0.2) is 12.8 Å². The molecule has 0 aliphatic carbocycles. The van der Waals surface area contributed by atoms with E-state index >= 15 is 0 Å². The first kappa shape index (κ1) is 22.1. The van der Waals surface area contributed by atoms with Gasteiger partial charge in [-0.15, -0.1) is 24.0 Å². The summed E-state index contributed by atoms with van der Waals surface area (Å²) < 4.78 is 36.2. The van der Waals surface area contributed by atoms with Gasteiger partial charge >= 0.3 is 0 Å². The topological polar surface area (TPSA) is 73.8 Å². The zero-order valence-electron chi connectivity index (χ0n) is 14.7. The summed E-state index contributed by atoms with van der Waals surface area (Å²) in [6.45, 7) is 0.567. The average Bonchev–Trinajstić information content (AvgIpc) is 2.86. The minimum Gasteiger partial charge on any atom is -0.354 e. The van der Waals surface area contributed by atoms with Gasteiger partial charge in [-0.2, -0.15) is 0 Å². The van der Waals surface area contributed by atoms with E-state index in [1.165, 1.54) is 12.1 Å². The standard InChI is InChI=1S/C16H25FN4O2S.HI/c1-18-16(20-14-8-9-24(22,23)11-14)19-10-15(21(2)3)12-4-6-13(17)7-5-12;/h4-7,14-15H,8-11H2,1-3H3,(H2,18,19,20);1H. The minimum absolute atomic E-state index is 0. The molecule has 0 bridgehead atoms. The minimum atomic E-state index is -2.93. The van der Waals surface area contributed by atoms with E-state index in [-0.39, 0.29) is 53.4 Å².